The van der Waals surface area contributed by atoms with Crippen LogP contribution >= 0.6 is 0 Å². The Morgan fingerprint density at radius 1 is 1.00 bits per heavy atom. The van der Waals surface area contributed by atoms with E-state index in [0.29, 0.717) is 35.8 Å². The lowest BCUT2D eigenvalue weighted by Gasteiger charge is -2.45. The number of carbonyl (C=O) groups excluding carboxylic acids is 3. The molecule has 0 saturated carbocycles. The number of carbonyl (C=O) groups is 3. The van der Waals surface area contributed by atoms with Crippen LogP contribution in [-0.4, -0.2) is 40.7 Å². The molecule has 39 heavy (non-hydrogen) atoms. The second-order valence-electron chi connectivity index (χ2n) is 11.4. The molecule has 1 aliphatic carbocycles. The molecule has 2 aliphatic rings. The first-order chi connectivity index (χ1) is 18.6. The first-order valence-electron chi connectivity index (χ1n) is 13.7. The maximum absolute atomic E-state index is 14.4. The van der Waals surface area contributed by atoms with Gasteiger partial charge in [0.15, 0.2) is 0 Å². The number of nitrogens with one attached hydrogen (secondary N) is 2. The van der Waals surface area contributed by atoms with Crippen molar-refractivity contribution in [2.24, 2.45) is 11.8 Å². The predicted molar refractivity (Wildman–Crippen MR) is 148 cm³/mol. The third-order valence-corrected chi connectivity index (χ3v) is 7.62. The number of hydrogen-bond acceptors (Lipinski definition) is 5. The van der Waals surface area contributed by atoms with Gasteiger partial charge in [-0.05, 0) is 79.8 Å². The van der Waals surface area contributed by atoms with E-state index in [1.165, 1.54) is 22.1 Å². The Hall–Kier alpha value is -3.94. The molecule has 3 aromatic rings. The average Bonchev–Trinajstić information content (AvgIpc) is 3.31. The van der Waals surface area contributed by atoms with E-state index >= 15 is 0 Å². The van der Waals surface area contributed by atoms with Crippen molar-refractivity contribution in [2.75, 3.05) is 0 Å². The van der Waals surface area contributed by atoms with Crippen molar-refractivity contribution in [1.82, 2.24) is 15.5 Å². The van der Waals surface area contributed by atoms with Crippen LogP contribution in [-0.2, 0) is 27.2 Å². The Kier molecular flexibility index (Phi) is 7.30. The Labute approximate surface area is 227 Å². The van der Waals surface area contributed by atoms with Gasteiger partial charge in [-0.1, -0.05) is 44.2 Å². The van der Waals surface area contributed by atoms with Crippen LogP contribution in [0.5, 0.6) is 0 Å². The number of amides is 3. The highest BCUT2D eigenvalue weighted by Gasteiger charge is 2.49. The topological polar surface area (TPSA) is 109 Å². The van der Waals surface area contributed by atoms with Gasteiger partial charge >= 0.3 is 5.63 Å². The summed E-state index contributed by atoms with van der Waals surface area (Å²) in [6, 6.07) is 13.4. The zero-order valence-electron chi connectivity index (χ0n) is 22.8. The minimum absolute atomic E-state index is 0.0963. The quantitative estimate of drug-likeness (QED) is 0.456. The monoisotopic (exact) mass is 529 g/mol. The van der Waals surface area contributed by atoms with Gasteiger partial charge in [0, 0.05) is 17.5 Å². The summed E-state index contributed by atoms with van der Waals surface area (Å²) in [5.41, 5.74) is 2.85. The molecule has 0 bridgehead atoms. The minimum Gasteiger partial charge on any atom is -0.423 e. The zero-order chi connectivity index (χ0) is 27.8. The molecule has 0 radical (unpaired) electrons. The molecular weight excluding hydrogens is 494 g/mol. The number of nitrogens with zero attached hydrogens (tertiary/aromatic N) is 1. The Balaban J connectivity index is 1.59. The van der Waals surface area contributed by atoms with E-state index in [1.807, 2.05) is 39.8 Å². The van der Waals surface area contributed by atoms with Gasteiger partial charge in [-0.15, -0.1) is 0 Å². The average molecular weight is 530 g/mol. The molecule has 3 atom stereocenters. The van der Waals surface area contributed by atoms with Gasteiger partial charge in [0.1, 0.15) is 23.7 Å². The maximum Gasteiger partial charge on any atom is 0.336 e. The smallest absolute Gasteiger partial charge is 0.336 e. The van der Waals surface area contributed by atoms with E-state index in [9.17, 15) is 19.2 Å². The van der Waals surface area contributed by atoms with Crippen LogP contribution in [0.25, 0.3) is 11.0 Å². The fourth-order valence-corrected chi connectivity index (χ4v) is 5.94. The molecule has 5 rings (SSSR count). The second kappa shape index (κ2) is 10.7. The zero-order valence-corrected chi connectivity index (χ0v) is 22.8. The summed E-state index contributed by atoms with van der Waals surface area (Å²) >= 11 is 0. The highest BCUT2D eigenvalue weighted by Crippen LogP contribution is 2.36. The highest BCUT2D eigenvalue weighted by atomic mass is 16.4. The summed E-state index contributed by atoms with van der Waals surface area (Å²) < 4.78 is 5.29. The molecule has 2 heterocycles. The first-order valence-corrected chi connectivity index (χ1v) is 13.7. The molecule has 1 unspecified atom stereocenters. The van der Waals surface area contributed by atoms with Crippen LogP contribution in [0.3, 0.4) is 0 Å². The van der Waals surface area contributed by atoms with E-state index in [4.69, 9.17) is 4.42 Å². The molecule has 8 heteroatoms. The summed E-state index contributed by atoms with van der Waals surface area (Å²) in [5.74, 6) is -0.823. The maximum atomic E-state index is 14.4. The summed E-state index contributed by atoms with van der Waals surface area (Å²) in [5, 5.41) is 6.64. The molecule has 1 fully saturated rings. The number of fused-ring (bicyclic) bond motifs is 2. The van der Waals surface area contributed by atoms with Gasteiger partial charge in [-0.3, -0.25) is 14.4 Å². The lowest BCUT2D eigenvalue weighted by Crippen LogP contribution is -2.67. The van der Waals surface area contributed by atoms with Crippen molar-refractivity contribution in [2.45, 2.75) is 71.1 Å². The molecule has 204 valence electrons. The normalized spacial score (nSPS) is 20.4. The number of hydrogen-bond donors (Lipinski definition) is 2. The van der Waals surface area contributed by atoms with Crippen molar-refractivity contribution >= 4 is 28.7 Å². The van der Waals surface area contributed by atoms with Crippen molar-refractivity contribution in [3.8, 4) is 0 Å². The highest BCUT2D eigenvalue weighted by molar-refractivity contribution is 6.00. The van der Waals surface area contributed by atoms with Crippen molar-refractivity contribution < 1.29 is 18.8 Å². The Morgan fingerprint density at radius 2 is 1.69 bits per heavy atom. The van der Waals surface area contributed by atoms with Gasteiger partial charge in [0.25, 0.3) is 0 Å². The number of piperazine rings is 1. The van der Waals surface area contributed by atoms with Gasteiger partial charge < -0.3 is 20.0 Å². The standard InChI is InChI=1S/C31H35N3O5/c1-17(2)13-24-29(36)33-27(23-14-19-7-5-6-8-20(19)15-23)31(38)34(24)28(30(37)32-18(3)4)22-9-11-25-21(16-22)10-12-26(35)39-25/h5-12,16-18,23-24,27-28H,13-15H2,1-4H3,(H,32,37)(H,33,36)/t24-,27?,28-/m1/s1. The first kappa shape index (κ1) is 26.7. The molecule has 2 aromatic carbocycles. The molecular formula is C31H35N3O5. The summed E-state index contributed by atoms with van der Waals surface area (Å²) in [6.07, 6.45) is 1.80. The minimum atomic E-state index is -1.03. The van der Waals surface area contributed by atoms with E-state index in [2.05, 4.69) is 22.8 Å². The van der Waals surface area contributed by atoms with Crippen molar-refractivity contribution in [3.05, 3.63) is 81.7 Å². The van der Waals surface area contributed by atoms with Crippen LogP contribution < -0.4 is 16.3 Å². The third kappa shape index (κ3) is 5.33. The number of benzene rings is 2. The molecule has 1 aromatic heterocycles. The fraction of sp³-hybridized carbons (Fsp3) is 0.419. The lowest BCUT2D eigenvalue weighted by molar-refractivity contribution is -0.158. The Morgan fingerprint density at radius 3 is 2.33 bits per heavy atom. The van der Waals surface area contributed by atoms with Gasteiger partial charge in [-0.2, -0.15) is 0 Å². The third-order valence-electron chi connectivity index (χ3n) is 7.62. The van der Waals surface area contributed by atoms with Crippen LogP contribution in [0.15, 0.2) is 63.8 Å². The van der Waals surface area contributed by atoms with Gasteiger partial charge in [0.2, 0.25) is 17.7 Å². The molecule has 0 spiro atoms. The summed E-state index contributed by atoms with van der Waals surface area (Å²) in [4.78, 5) is 55.1. The van der Waals surface area contributed by atoms with Crippen molar-refractivity contribution in [3.63, 3.8) is 0 Å². The van der Waals surface area contributed by atoms with Crippen molar-refractivity contribution in [1.29, 1.82) is 0 Å². The van der Waals surface area contributed by atoms with Gasteiger partial charge in [-0.25, -0.2) is 4.79 Å². The molecule has 1 aliphatic heterocycles. The van der Waals surface area contributed by atoms with E-state index in [-0.39, 0.29) is 35.6 Å². The predicted octanol–water partition coefficient (Wildman–Crippen LogP) is 3.52. The molecule has 2 N–H and O–H groups in total. The molecule has 1 saturated heterocycles. The second-order valence-corrected chi connectivity index (χ2v) is 11.4. The van der Waals surface area contributed by atoms with Crippen LogP contribution in [0.4, 0.5) is 0 Å². The molecule has 8 nitrogen and oxygen atoms in total. The molecule has 3 amide bonds. The summed E-state index contributed by atoms with van der Waals surface area (Å²) in [7, 11) is 0. The van der Waals surface area contributed by atoms with Crippen LogP contribution in [0.2, 0.25) is 0 Å². The van der Waals surface area contributed by atoms with Gasteiger partial charge in [0.05, 0.1) is 0 Å². The van der Waals surface area contributed by atoms with E-state index in [0.717, 1.165) is 0 Å². The van der Waals surface area contributed by atoms with E-state index < -0.39 is 23.8 Å². The van der Waals surface area contributed by atoms with Crippen LogP contribution in [0, 0.1) is 11.8 Å². The van der Waals surface area contributed by atoms with Crippen LogP contribution in [0.1, 0.15) is 56.8 Å². The fourth-order valence-electron chi connectivity index (χ4n) is 5.94. The SMILES string of the molecule is CC(C)C[C@@H]1C(=O)NC(C2Cc3ccccc3C2)C(=O)N1[C@@H](C(=O)NC(C)C)c1ccc2oc(=O)ccc2c1. The summed E-state index contributed by atoms with van der Waals surface area (Å²) in [6.45, 7) is 7.71. The lowest BCUT2D eigenvalue weighted by atomic mass is 9.87. The van der Waals surface area contributed by atoms with E-state index in [1.54, 1.807) is 24.3 Å². The number of rotatable bonds is 7. The Bertz CT molecular complexity index is 1450. The largest absolute Gasteiger partial charge is 0.423 e.